The molecule has 1 fully saturated rings. The Morgan fingerprint density at radius 3 is 2.65 bits per heavy atom. The van der Waals surface area contributed by atoms with Crippen LogP contribution in [0, 0.1) is 5.92 Å². The van der Waals surface area contributed by atoms with Crippen molar-refractivity contribution in [2.24, 2.45) is 16.6 Å². The van der Waals surface area contributed by atoms with Gasteiger partial charge >= 0.3 is 0 Å². The van der Waals surface area contributed by atoms with Gasteiger partial charge in [-0.1, -0.05) is 12.8 Å². The third-order valence-corrected chi connectivity index (χ3v) is 4.51. The molecule has 0 heterocycles. The van der Waals surface area contributed by atoms with E-state index >= 15 is 0 Å². The van der Waals surface area contributed by atoms with Crippen LogP contribution < -0.4 is 21.5 Å². The molecule has 142 valence electrons. The fourth-order valence-corrected chi connectivity index (χ4v) is 3.00. The number of aliphatic imine (C=N–C) groups is 1. The van der Waals surface area contributed by atoms with Crippen LogP contribution in [0.4, 0.5) is 5.69 Å². The van der Waals surface area contributed by atoms with Gasteiger partial charge in [-0.15, -0.1) is 0 Å². The van der Waals surface area contributed by atoms with Crippen molar-refractivity contribution in [1.29, 1.82) is 0 Å². The average Bonchev–Trinajstić information content (AvgIpc) is 3.14. The smallest absolute Gasteiger partial charge is 0.270 e. The van der Waals surface area contributed by atoms with Gasteiger partial charge in [0, 0.05) is 18.3 Å². The molecule has 8 nitrogen and oxygen atoms in total. The highest BCUT2D eigenvalue weighted by Crippen LogP contribution is 2.27. The van der Waals surface area contributed by atoms with Crippen LogP contribution in [0.15, 0.2) is 23.2 Å². The molecular weight excluding hydrogens is 336 g/mol. The van der Waals surface area contributed by atoms with Crippen molar-refractivity contribution >= 4 is 23.2 Å². The van der Waals surface area contributed by atoms with Gasteiger partial charge in [-0.25, -0.2) is 0 Å². The van der Waals surface area contributed by atoms with Crippen LogP contribution in [-0.4, -0.2) is 48.9 Å². The molecule has 2 amide bonds. The number of nitrogens with two attached hydrogens (primary N) is 2. The second kappa shape index (κ2) is 9.19. The van der Waals surface area contributed by atoms with Crippen molar-refractivity contribution in [1.82, 2.24) is 5.32 Å². The van der Waals surface area contributed by atoms with Crippen molar-refractivity contribution < 1.29 is 19.4 Å². The lowest BCUT2D eigenvalue weighted by Gasteiger charge is -2.16. The Labute approximate surface area is 152 Å². The first-order valence-electron chi connectivity index (χ1n) is 8.66. The summed E-state index contributed by atoms with van der Waals surface area (Å²) in [5.41, 5.74) is 11.9. The molecule has 0 unspecified atom stereocenters. The van der Waals surface area contributed by atoms with Crippen LogP contribution in [0.2, 0.25) is 0 Å². The second-order valence-electron chi connectivity index (χ2n) is 6.39. The summed E-state index contributed by atoms with van der Waals surface area (Å²) >= 11 is 0. The number of hydrogen-bond donors (Lipinski definition) is 4. The lowest BCUT2D eigenvalue weighted by atomic mass is 10.1. The lowest BCUT2D eigenvalue weighted by Crippen LogP contribution is -2.49. The number of nitrogens with one attached hydrogen (secondary N) is 1. The molecular formula is C18H26N4O4. The van der Waals surface area contributed by atoms with Crippen LogP contribution in [-0.2, 0) is 9.59 Å². The van der Waals surface area contributed by atoms with Gasteiger partial charge in [-0.05, 0) is 37.0 Å². The van der Waals surface area contributed by atoms with E-state index in [0.29, 0.717) is 29.5 Å². The Balaban J connectivity index is 2.14. The molecule has 1 aliphatic carbocycles. The quantitative estimate of drug-likeness (QED) is 0.387. The number of carbonyl (C=O) groups is 2. The fraction of sp³-hybridized carbons (Fsp3) is 0.500. The molecule has 1 aliphatic rings. The fourth-order valence-electron chi connectivity index (χ4n) is 3.00. The number of aliphatic hydroxyl groups is 1. The molecule has 1 aromatic rings. The number of anilines is 1. The van der Waals surface area contributed by atoms with E-state index in [1.54, 1.807) is 18.2 Å². The molecule has 0 radical (unpaired) electrons. The average molecular weight is 362 g/mol. The number of aliphatic hydroxyl groups excluding tert-OH is 1. The maximum absolute atomic E-state index is 12.4. The summed E-state index contributed by atoms with van der Waals surface area (Å²) < 4.78 is 5.84. The van der Waals surface area contributed by atoms with Gasteiger partial charge in [-0.3, -0.25) is 14.6 Å². The van der Waals surface area contributed by atoms with Crippen LogP contribution >= 0.6 is 0 Å². The highest BCUT2D eigenvalue weighted by molar-refractivity contribution is 6.46. The molecule has 26 heavy (non-hydrogen) atoms. The van der Waals surface area contributed by atoms with E-state index in [1.807, 2.05) is 0 Å². The molecule has 8 heteroatoms. The van der Waals surface area contributed by atoms with E-state index < -0.39 is 24.5 Å². The van der Waals surface area contributed by atoms with E-state index in [0.717, 1.165) is 0 Å². The number of rotatable bonds is 8. The van der Waals surface area contributed by atoms with Gasteiger partial charge in [0.15, 0.2) is 0 Å². The summed E-state index contributed by atoms with van der Waals surface area (Å²) in [4.78, 5) is 27.6. The number of ether oxygens (including phenoxy) is 1. The minimum atomic E-state index is -1.19. The molecule has 0 saturated heterocycles. The standard InChI is InChI=1S/C18H26N4O4/c1-21-16(18(25)22-15(9-23)17(20)24)13-8-12(6-7-14(13)19)26-10-11-4-2-3-5-11/h6-8,11,15,23H,2-5,9-10,19H2,1H3,(H2,20,24)(H,22,25)/t15-/m0/s1. The topological polar surface area (TPSA) is 140 Å². The Morgan fingerprint density at radius 1 is 1.38 bits per heavy atom. The first-order valence-corrected chi connectivity index (χ1v) is 8.66. The Hall–Kier alpha value is -2.61. The largest absolute Gasteiger partial charge is 0.493 e. The Kier molecular flexibility index (Phi) is 6.97. The maximum atomic E-state index is 12.4. The normalized spacial score (nSPS) is 16.3. The predicted octanol–water partition coefficient (Wildman–Crippen LogP) is 0.219. The van der Waals surface area contributed by atoms with Gasteiger partial charge in [0.25, 0.3) is 5.91 Å². The third-order valence-electron chi connectivity index (χ3n) is 4.51. The number of benzene rings is 1. The molecule has 2 rings (SSSR count). The number of amides is 2. The number of nitrogen functional groups attached to an aromatic ring is 1. The number of hydrogen-bond acceptors (Lipinski definition) is 6. The van der Waals surface area contributed by atoms with Gasteiger partial charge < -0.3 is 26.6 Å². The zero-order chi connectivity index (χ0) is 19.1. The molecule has 1 atom stereocenters. The van der Waals surface area contributed by atoms with E-state index in [2.05, 4.69) is 10.3 Å². The van der Waals surface area contributed by atoms with Crippen LogP contribution in [0.5, 0.6) is 5.75 Å². The Morgan fingerprint density at radius 2 is 2.08 bits per heavy atom. The highest BCUT2D eigenvalue weighted by Gasteiger charge is 2.23. The van der Waals surface area contributed by atoms with Crippen molar-refractivity contribution in [3.05, 3.63) is 23.8 Å². The second-order valence-corrected chi connectivity index (χ2v) is 6.39. The Bertz CT molecular complexity index is 684. The van der Waals surface area contributed by atoms with E-state index in [4.69, 9.17) is 21.3 Å². The van der Waals surface area contributed by atoms with Crippen molar-refractivity contribution in [3.63, 3.8) is 0 Å². The third kappa shape index (κ3) is 4.95. The molecule has 1 aromatic carbocycles. The van der Waals surface area contributed by atoms with Gasteiger partial charge in [0.2, 0.25) is 5.91 Å². The SMILES string of the molecule is CN=C(C(=O)N[C@@H](CO)C(N)=O)c1cc(OCC2CCCC2)ccc1N. The molecule has 0 aromatic heterocycles. The zero-order valence-electron chi connectivity index (χ0n) is 14.9. The minimum absolute atomic E-state index is 0.0357. The molecule has 0 bridgehead atoms. The van der Waals surface area contributed by atoms with Crippen LogP contribution in [0.1, 0.15) is 31.2 Å². The van der Waals surface area contributed by atoms with Crippen molar-refractivity contribution in [3.8, 4) is 5.75 Å². The number of primary amides is 1. The summed E-state index contributed by atoms with van der Waals surface area (Å²) in [7, 11) is 1.44. The summed E-state index contributed by atoms with van der Waals surface area (Å²) in [6.45, 7) is 0.0283. The van der Waals surface area contributed by atoms with Crippen LogP contribution in [0.3, 0.4) is 0 Å². The zero-order valence-corrected chi connectivity index (χ0v) is 14.9. The van der Waals surface area contributed by atoms with Gasteiger partial charge in [0.1, 0.15) is 17.5 Å². The maximum Gasteiger partial charge on any atom is 0.270 e. The van der Waals surface area contributed by atoms with Crippen molar-refractivity contribution in [2.45, 2.75) is 31.7 Å². The monoisotopic (exact) mass is 362 g/mol. The predicted molar refractivity (Wildman–Crippen MR) is 99.0 cm³/mol. The first kappa shape index (κ1) is 19.7. The van der Waals surface area contributed by atoms with Gasteiger partial charge in [-0.2, -0.15) is 0 Å². The highest BCUT2D eigenvalue weighted by atomic mass is 16.5. The van der Waals surface area contributed by atoms with Gasteiger partial charge in [0.05, 0.1) is 13.2 Å². The number of carbonyl (C=O) groups excluding carboxylic acids is 2. The molecule has 6 N–H and O–H groups in total. The van der Waals surface area contributed by atoms with E-state index in [1.165, 1.54) is 32.7 Å². The summed E-state index contributed by atoms with van der Waals surface area (Å²) in [6.07, 6.45) is 4.81. The van der Waals surface area contributed by atoms with E-state index in [-0.39, 0.29) is 5.71 Å². The van der Waals surface area contributed by atoms with E-state index in [9.17, 15) is 9.59 Å². The minimum Gasteiger partial charge on any atom is -0.493 e. The summed E-state index contributed by atoms with van der Waals surface area (Å²) in [5, 5.41) is 11.5. The summed E-state index contributed by atoms with van der Waals surface area (Å²) in [6, 6.07) is 3.86. The molecule has 0 spiro atoms. The number of nitrogens with zero attached hydrogens (tertiary/aromatic N) is 1. The lowest BCUT2D eigenvalue weighted by molar-refractivity contribution is -0.125. The van der Waals surface area contributed by atoms with Crippen LogP contribution in [0.25, 0.3) is 0 Å². The first-order chi connectivity index (χ1) is 12.5. The summed E-state index contributed by atoms with van der Waals surface area (Å²) in [5.74, 6) is -0.328. The van der Waals surface area contributed by atoms with Crippen molar-refractivity contribution in [2.75, 3.05) is 26.0 Å². The molecule has 1 saturated carbocycles. The molecule has 0 aliphatic heterocycles.